The summed E-state index contributed by atoms with van der Waals surface area (Å²) in [4.78, 5) is 12.5. The molecule has 21 heavy (non-hydrogen) atoms. The molecule has 112 valence electrons. The van der Waals surface area contributed by atoms with Crippen LogP contribution >= 0.6 is 11.3 Å². The first-order valence-corrected chi connectivity index (χ1v) is 7.55. The van der Waals surface area contributed by atoms with E-state index in [0.717, 1.165) is 4.88 Å². The van der Waals surface area contributed by atoms with Gasteiger partial charge in [0, 0.05) is 10.7 Å². The Morgan fingerprint density at radius 1 is 1.38 bits per heavy atom. The van der Waals surface area contributed by atoms with Crippen LogP contribution in [-0.4, -0.2) is 29.4 Å². The van der Waals surface area contributed by atoms with Crippen LogP contribution in [0.2, 0.25) is 0 Å². The minimum absolute atomic E-state index is 0.0950. The molecule has 0 amide bonds. The molecule has 2 heterocycles. The van der Waals surface area contributed by atoms with Crippen molar-refractivity contribution in [1.29, 1.82) is 5.26 Å². The predicted molar refractivity (Wildman–Crippen MR) is 80.1 cm³/mol. The molecule has 0 aromatic carbocycles. The Hall–Kier alpha value is -1.36. The topological polar surface area (TPSA) is 79.5 Å². The van der Waals surface area contributed by atoms with Crippen LogP contribution in [0.15, 0.2) is 12.1 Å². The van der Waals surface area contributed by atoms with E-state index < -0.39 is 30.1 Å². The molecule has 0 aliphatic carbocycles. The summed E-state index contributed by atoms with van der Waals surface area (Å²) < 4.78 is 11.9. The SMILES string of the molecule is CC1(C)OB(C(CC(=O)O)c2ccc(C#N)s2)OC1(C)C. The molecule has 0 bridgehead atoms. The van der Waals surface area contributed by atoms with Crippen LogP contribution in [0.25, 0.3) is 0 Å². The molecule has 7 heteroatoms. The second-order valence-electron chi connectivity index (χ2n) is 6.14. The molecule has 1 aliphatic heterocycles. The number of thiophene rings is 1. The van der Waals surface area contributed by atoms with Crippen molar-refractivity contribution in [2.75, 3.05) is 0 Å². The van der Waals surface area contributed by atoms with E-state index in [2.05, 4.69) is 6.07 Å². The molecule has 2 rings (SSSR count). The third-order valence-corrected chi connectivity index (χ3v) is 5.22. The number of rotatable bonds is 4. The Morgan fingerprint density at radius 2 is 1.95 bits per heavy atom. The van der Waals surface area contributed by atoms with Gasteiger partial charge in [-0.1, -0.05) is 0 Å². The first-order valence-electron chi connectivity index (χ1n) is 6.73. The maximum atomic E-state index is 11.2. The van der Waals surface area contributed by atoms with Crippen molar-refractivity contribution in [2.45, 2.75) is 51.1 Å². The van der Waals surface area contributed by atoms with Crippen LogP contribution in [-0.2, 0) is 14.1 Å². The smallest absolute Gasteiger partial charge is 0.467 e. The highest BCUT2D eigenvalue weighted by molar-refractivity contribution is 7.13. The minimum Gasteiger partial charge on any atom is -0.481 e. The van der Waals surface area contributed by atoms with Gasteiger partial charge in [0.1, 0.15) is 10.9 Å². The zero-order valence-electron chi connectivity index (χ0n) is 12.5. The van der Waals surface area contributed by atoms with E-state index in [0.29, 0.717) is 4.88 Å². The van der Waals surface area contributed by atoms with E-state index in [4.69, 9.17) is 19.7 Å². The highest BCUT2D eigenvalue weighted by Gasteiger charge is 2.54. The summed E-state index contributed by atoms with van der Waals surface area (Å²) in [5, 5.41) is 18.1. The standard InChI is InChI=1S/C14H18BNO4S/c1-13(2)14(3,4)20-15(19-13)10(7-12(17)18)11-6-5-9(8-16)21-11/h5-6,10H,7H2,1-4H3,(H,17,18). The van der Waals surface area contributed by atoms with E-state index >= 15 is 0 Å². The molecule has 5 nitrogen and oxygen atoms in total. The number of carboxylic acid groups (broad SMARTS) is 1. The fourth-order valence-electron chi connectivity index (χ4n) is 2.18. The zero-order valence-corrected chi connectivity index (χ0v) is 13.4. The van der Waals surface area contributed by atoms with Crippen LogP contribution in [0.4, 0.5) is 0 Å². The normalized spacial score (nSPS) is 21.0. The molecule has 0 radical (unpaired) electrons. The zero-order chi connectivity index (χ0) is 15.8. The second kappa shape index (κ2) is 5.45. The van der Waals surface area contributed by atoms with Gasteiger partial charge in [0.05, 0.1) is 17.6 Å². The van der Waals surface area contributed by atoms with E-state index in [-0.39, 0.29) is 6.42 Å². The summed E-state index contributed by atoms with van der Waals surface area (Å²) in [6, 6.07) is 5.54. The lowest BCUT2D eigenvalue weighted by Crippen LogP contribution is -2.41. The highest BCUT2D eigenvalue weighted by atomic mass is 32.1. The first-order chi connectivity index (χ1) is 9.66. The number of hydrogen-bond acceptors (Lipinski definition) is 5. The number of nitrogens with zero attached hydrogens (tertiary/aromatic N) is 1. The number of carbonyl (C=O) groups is 1. The number of carboxylic acids is 1. The van der Waals surface area contributed by atoms with Crippen LogP contribution in [0.1, 0.15) is 49.7 Å². The van der Waals surface area contributed by atoms with Crippen molar-refractivity contribution in [3.8, 4) is 6.07 Å². The Labute approximate surface area is 128 Å². The molecule has 1 aliphatic rings. The monoisotopic (exact) mass is 307 g/mol. The van der Waals surface area contributed by atoms with Gasteiger partial charge in [0.25, 0.3) is 0 Å². The lowest BCUT2D eigenvalue weighted by atomic mass is 9.69. The Bertz CT molecular complexity index is 574. The van der Waals surface area contributed by atoms with Crippen molar-refractivity contribution >= 4 is 24.4 Å². The van der Waals surface area contributed by atoms with Crippen LogP contribution in [0.3, 0.4) is 0 Å². The summed E-state index contributed by atoms with van der Waals surface area (Å²) in [5.74, 6) is -1.34. The van der Waals surface area contributed by atoms with Crippen LogP contribution in [0.5, 0.6) is 0 Å². The fourth-order valence-corrected chi connectivity index (χ4v) is 3.10. The number of nitriles is 1. The maximum Gasteiger partial charge on any atom is 0.467 e. The molecular formula is C14H18BNO4S. The first kappa shape index (κ1) is 16.0. The summed E-state index contributed by atoms with van der Waals surface area (Å²) in [6.45, 7) is 7.72. The summed E-state index contributed by atoms with van der Waals surface area (Å²) in [5.41, 5.74) is -1.02. The third-order valence-electron chi connectivity index (χ3n) is 4.10. The van der Waals surface area contributed by atoms with Crippen molar-refractivity contribution in [2.24, 2.45) is 0 Å². The van der Waals surface area contributed by atoms with Crippen molar-refractivity contribution < 1.29 is 19.2 Å². The van der Waals surface area contributed by atoms with Gasteiger partial charge in [0.15, 0.2) is 0 Å². The van der Waals surface area contributed by atoms with Gasteiger partial charge in [-0.05, 0) is 39.8 Å². The van der Waals surface area contributed by atoms with Gasteiger partial charge in [-0.2, -0.15) is 5.26 Å². The van der Waals surface area contributed by atoms with E-state index in [1.54, 1.807) is 12.1 Å². The molecule has 1 unspecified atom stereocenters. The maximum absolute atomic E-state index is 11.2. The van der Waals surface area contributed by atoms with Crippen molar-refractivity contribution in [1.82, 2.24) is 0 Å². The molecule has 0 saturated carbocycles. The van der Waals surface area contributed by atoms with Gasteiger partial charge in [-0.3, -0.25) is 4.79 Å². The summed E-state index contributed by atoms with van der Waals surface area (Å²) in [7, 11) is -0.628. The Morgan fingerprint density at radius 3 is 2.38 bits per heavy atom. The number of hydrogen-bond donors (Lipinski definition) is 1. The Kier molecular flexibility index (Phi) is 4.16. The average molecular weight is 307 g/mol. The molecule has 1 atom stereocenters. The van der Waals surface area contributed by atoms with E-state index in [9.17, 15) is 4.79 Å². The minimum atomic E-state index is -0.915. The molecule has 1 aromatic heterocycles. The predicted octanol–water partition coefficient (Wildman–Crippen LogP) is 2.81. The van der Waals surface area contributed by atoms with Crippen LogP contribution < -0.4 is 0 Å². The van der Waals surface area contributed by atoms with E-state index in [1.165, 1.54) is 11.3 Å². The molecule has 0 spiro atoms. The van der Waals surface area contributed by atoms with Gasteiger partial charge in [-0.15, -0.1) is 11.3 Å². The molecular weight excluding hydrogens is 289 g/mol. The van der Waals surface area contributed by atoms with Gasteiger partial charge >= 0.3 is 13.1 Å². The molecule has 1 fully saturated rings. The summed E-state index contributed by atoms with van der Waals surface area (Å²) >= 11 is 1.29. The van der Waals surface area contributed by atoms with Gasteiger partial charge in [-0.25, -0.2) is 0 Å². The average Bonchev–Trinajstić information content (AvgIpc) is 2.89. The van der Waals surface area contributed by atoms with Gasteiger partial charge < -0.3 is 14.4 Å². The van der Waals surface area contributed by atoms with Crippen LogP contribution in [0, 0.1) is 11.3 Å². The summed E-state index contributed by atoms with van der Waals surface area (Å²) in [6.07, 6.45) is -0.0950. The van der Waals surface area contributed by atoms with Crippen molar-refractivity contribution in [3.63, 3.8) is 0 Å². The molecule has 1 saturated heterocycles. The van der Waals surface area contributed by atoms with Gasteiger partial charge in [0.2, 0.25) is 0 Å². The molecule has 1 N–H and O–H groups in total. The fraction of sp³-hybridized carbons (Fsp3) is 0.571. The second-order valence-corrected chi connectivity index (χ2v) is 7.26. The number of aliphatic carboxylic acids is 1. The Balaban J connectivity index is 2.30. The van der Waals surface area contributed by atoms with E-state index in [1.807, 2.05) is 27.7 Å². The molecule has 1 aromatic rings. The lowest BCUT2D eigenvalue weighted by Gasteiger charge is -2.32. The third kappa shape index (κ3) is 3.13. The lowest BCUT2D eigenvalue weighted by molar-refractivity contribution is -0.137. The van der Waals surface area contributed by atoms with Crippen molar-refractivity contribution in [3.05, 3.63) is 21.9 Å². The largest absolute Gasteiger partial charge is 0.481 e. The highest BCUT2D eigenvalue weighted by Crippen LogP contribution is 2.42. The quantitative estimate of drug-likeness (QED) is 0.865.